The van der Waals surface area contributed by atoms with Crippen molar-refractivity contribution in [2.75, 3.05) is 11.9 Å². The Bertz CT molecular complexity index is 599. The van der Waals surface area contributed by atoms with Crippen molar-refractivity contribution in [1.82, 2.24) is 0 Å². The van der Waals surface area contributed by atoms with Gasteiger partial charge in [0.25, 0.3) is 0 Å². The van der Waals surface area contributed by atoms with Crippen molar-refractivity contribution in [1.29, 1.82) is 0 Å². The summed E-state index contributed by atoms with van der Waals surface area (Å²) < 4.78 is 6.03. The largest absolute Gasteiger partial charge is 0.462 e. The van der Waals surface area contributed by atoms with E-state index in [-0.39, 0.29) is 24.4 Å². The van der Waals surface area contributed by atoms with Gasteiger partial charge in [-0.25, -0.2) is 4.79 Å². The fourth-order valence-electron chi connectivity index (χ4n) is 2.00. The number of anilines is 1. The molecule has 3 nitrogen and oxygen atoms in total. The molecular weight excluding hydrogens is 366 g/mol. The molecule has 1 N–H and O–H groups in total. The van der Waals surface area contributed by atoms with Crippen LogP contribution in [0.25, 0.3) is 0 Å². The summed E-state index contributed by atoms with van der Waals surface area (Å²) in [6, 6.07) is 15.7. The molecule has 0 heterocycles. The molecule has 0 aliphatic carbocycles. The third kappa shape index (κ3) is 5.04. The number of ether oxygens (including phenoxy) is 1. The average molecular weight is 385 g/mol. The molecule has 5 heteroatoms. The first-order valence-corrected chi connectivity index (χ1v) is 7.68. The van der Waals surface area contributed by atoms with Crippen molar-refractivity contribution in [3.05, 3.63) is 64.1 Å². The first-order valence-electron chi connectivity index (χ1n) is 6.89. The lowest BCUT2D eigenvalue weighted by Gasteiger charge is -2.16. The predicted molar refractivity (Wildman–Crippen MR) is 95.8 cm³/mol. The first kappa shape index (κ1) is 18.5. The molecule has 2 aromatic rings. The van der Waals surface area contributed by atoms with E-state index in [4.69, 9.17) is 4.74 Å². The van der Waals surface area contributed by atoms with Crippen molar-refractivity contribution in [2.45, 2.75) is 19.9 Å². The lowest BCUT2D eigenvalue weighted by atomic mass is 10.1. The number of nitrogens with one attached hydrogen (secondary N) is 1. The van der Waals surface area contributed by atoms with E-state index >= 15 is 0 Å². The van der Waals surface area contributed by atoms with Gasteiger partial charge < -0.3 is 10.1 Å². The molecule has 2 rings (SSSR count). The number of esters is 1. The Morgan fingerprint density at radius 3 is 2.27 bits per heavy atom. The van der Waals surface area contributed by atoms with Crippen LogP contribution < -0.4 is 5.32 Å². The molecule has 0 aromatic heterocycles. The van der Waals surface area contributed by atoms with Crippen LogP contribution in [0.2, 0.25) is 0 Å². The van der Waals surface area contributed by atoms with Gasteiger partial charge in [-0.2, -0.15) is 0 Å². The van der Waals surface area contributed by atoms with Crippen LogP contribution in [-0.4, -0.2) is 12.6 Å². The Morgan fingerprint density at radius 2 is 1.73 bits per heavy atom. The number of carbonyl (C=O) groups excluding carboxylic acids is 1. The van der Waals surface area contributed by atoms with E-state index in [1.807, 2.05) is 36.4 Å². The normalized spacial score (nSPS) is 11.2. The van der Waals surface area contributed by atoms with Crippen LogP contribution in [0.4, 0.5) is 5.69 Å². The van der Waals surface area contributed by atoms with Crippen molar-refractivity contribution in [3.8, 4) is 0 Å². The summed E-state index contributed by atoms with van der Waals surface area (Å²) in [5, 5.41) is 3.42. The minimum absolute atomic E-state index is 0. The van der Waals surface area contributed by atoms with E-state index in [0.717, 1.165) is 15.7 Å². The summed E-state index contributed by atoms with van der Waals surface area (Å²) in [5.74, 6) is -0.280. The van der Waals surface area contributed by atoms with Gasteiger partial charge in [-0.05, 0) is 55.8 Å². The number of carbonyl (C=O) groups is 1. The Hall–Kier alpha value is -1.52. The molecule has 0 radical (unpaired) electrons. The smallest absolute Gasteiger partial charge is 0.338 e. The maximum Gasteiger partial charge on any atom is 0.338 e. The lowest BCUT2D eigenvalue weighted by molar-refractivity contribution is 0.0526. The van der Waals surface area contributed by atoms with Gasteiger partial charge in [0.15, 0.2) is 0 Å². The number of hydrogen-bond donors (Lipinski definition) is 1. The van der Waals surface area contributed by atoms with Gasteiger partial charge in [0.2, 0.25) is 0 Å². The number of hydrogen-bond acceptors (Lipinski definition) is 3. The third-order valence-electron chi connectivity index (χ3n) is 3.15. The van der Waals surface area contributed by atoms with E-state index in [1.54, 1.807) is 19.1 Å². The van der Waals surface area contributed by atoms with Crippen molar-refractivity contribution in [3.63, 3.8) is 0 Å². The highest BCUT2D eigenvalue weighted by molar-refractivity contribution is 9.10. The third-order valence-corrected chi connectivity index (χ3v) is 3.68. The SMILES string of the molecule is CCOC(=O)c1ccc([C@H](C)Nc2ccc(Br)cc2)cc1.Cl. The standard InChI is InChI=1S/C17H18BrNO2.ClH/c1-3-21-17(20)14-6-4-13(5-7-14)12(2)19-16-10-8-15(18)9-11-16;/h4-12,19H,3H2,1-2H3;1H/t12-;/m0./s1. The monoisotopic (exact) mass is 383 g/mol. The molecule has 0 fully saturated rings. The minimum Gasteiger partial charge on any atom is -0.462 e. The van der Waals surface area contributed by atoms with Crippen molar-refractivity contribution in [2.24, 2.45) is 0 Å². The van der Waals surface area contributed by atoms with Crippen molar-refractivity contribution < 1.29 is 9.53 Å². The topological polar surface area (TPSA) is 38.3 Å². The zero-order chi connectivity index (χ0) is 15.2. The summed E-state index contributed by atoms with van der Waals surface area (Å²) >= 11 is 3.42. The van der Waals surface area contributed by atoms with Gasteiger partial charge in [-0.3, -0.25) is 0 Å². The molecule has 0 amide bonds. The summed E-state index contributed by atoms with van der Waals surface area (Å²) in [6.07, 6.45) is 0. The minimum atomic E-state index is -0.280. The maximum absolute atomic E-state index is 11.6. The van der Waals surface area contributed by atoms with E-state index < -0.39 is 0 Å². The molecule has 2 aromatic carbocycles. The highest BCUT2D eigenvalue weighted by Gasteiger charge is 2.09. The highest BCUT2D eigenvalue weighted by Crippen LogP contribution is 2.21. The second-order valence-electron chi connectivity index (χ2n) is 4.72. The maximum atomic E-state index is 11.6. The molecule has 0 spiro atoms. The van der Waals surface area contributed by atoms with Crippen molar-refractivity contribution >= 4 is 40.0 Å². The van der Waals surface area contributed by atoms with Crippen LogP contribution in [0.15, 0.2) is 53.0 Å². The number of halogens is 2. The van der Waals surface area contributed by atoms with Gasteiger partial charge in [0, 0.05) is 16.2 Å². The molecule has 0 aliphatic heterocycles. The van der Waals surface area contributed by atoms with Gasteiger partial charge in [0.05, 0.1) is 12.2 Å². The second kappa shape index (κ2) is 8.81. The Morgan fingerprint density at radius 1 is 1.14 bits per heavy atom. The fraction of sp³-hybridized carbons (Fsp3) is 0.235. The Kier molecular flexibility index (Phi) is 7.42. The zero-order valence-corrected chi connectivity index (χ0v) is 14.9. The van der Waals surface area contributed by atoms with E-state index in [2.05, 4.69) is 28.2 Å². The van der Waals surface area contributed by atoms with E-state index in [9.17, 15) is 4.79 Å². The second-order valence-corrected chi connectivity index (χ2v) is 5.63. The average Bonchev–Trinajstić information content (AvgIpc) is 2.50. The lowest BCUT2D eigenvalue weighted by Crippen LogP contribution is -2.08. The van der Waals surface area contributed by atoms with Crippen LogP contribution >= 0.6 is 28.3 Å². The Balaban J connectivity index is 0.00000242. The van der Waals surface area contributed by atoms with Gasteiger partial charge in [-0.15, -0.1) is 12.4 Å². The summed E-state index contributed by atoms with van der Waals surface area (Å²) in [4.78, 5) is 11.6. The zero-order valence-electron chi connectivity index (χ0n) is 12.5. The quantitative estimate of drug-likeness (QED) is 0.718. The predicted octanol–water partition coefficient (Wildman–Crippen LogP) is 5.22. The molecule has 118 valence electrons. The molecule has 0 saturated carbocycles. The molecule has 0 aliphatic rings. The molecule has 1 atom stereocenters. The van der Waals surface area contributed by atoms with E-state index in [1.165, 1.54) is 0 Å². The van der Waals surface area contributed by atoms with Crippen LogP contribution in [-0.2, 0) is 4.74 Å². The summed E-state index contributed by atoms with van der Waals surface area (Å²) in [5.41, 5.74) is 2.75. The Labute approximate surface area is 145 Å². The van der Waals surface area contributed by atoms with Crippen LogP contribution in [0, 0.1) is 0 Å². The first-order chi connectivity index (χ1) is 10.1. The van der Waals surface area contributed by atoms with Gasteiger partial charge in [-0.1, -0.05) is 28.1 Å². The summed E-state index contributed by atoms with van der Waals surface area (Å²) in [7, 11) is 0. The summed E-state index contributed by atoms with van der Waals surface area (Å²) in [6.45, 7) is 4.28. The van der Waals surface area contributed by atoms with Gasteiger partial charge in [0.1, 0.15) is 0 Å². The van der Waals surface area contributed by atoms with Crippen LogP contribution in [0.1, 0.15) is 35.8 Å². The number of benzene rings is 2. The number of rotatable bonds is 5. The fourth-order valence-corrected chi connectivity index (χ4v) is 2.27. The molecule has 0 bridgehead atoms. The van der Waals surface area contributed by atoms with Crippen LogP contribution in [0.5, 0.6) is 0 Å². The van der Waals surface area contributed by atoms with Gasteiger partial charge >= 0.3 is 5.97 Å². The van der Waals surface area contributed by atoms with E-state index in [0.29, 0.717) is 12.2 Å². The highest BCUT2D eigenvalue weighted by atomic mass is 79.9. The molecule has 22 heavy (non-hydrogen) atoms. The molecule has 0 unspecified atom stereocenters. The van der Waals surface area contributed by atoms with Crippen LogP contribution in [0.3, 0.4) is 0 Å². The molecule has 0 saturated heterocycles. The molecular formula is C17H19BrClNO2.